The Morgan fingerprint density at radius 3 is 2.53 bits per heavy atom. The van der Waals surface area contributed by atoms with Gasteiger partial charge >= 0.3 is 0 Å². The molecule has 2 aliphatic rings. The van der Waals surface area contributed by atoms with Crippen LogP contribution < -0.4 is 5.73 Å². The Balaban J connectivity index is 1.97. The van der Waals surface area contributed by atoms with Gasteiger partial charge in [0, 0.05) is 24.2 Å². The van der Waals surface area contributed by atoms with Crippen LogP contribution in [0.5, 0.6) is 0 Å². The number of ether oxygens (including phenoxy) is 1. The van der Waals surface area contributed by atoms with Crippen molar-refractivity contribution in [3.8, 4) is 0 Å². The van der Waals surface area contributed by atoms with Crippen molar-refractivity contribution in [3.63, 3.8) is 0 Å². The van der Waals surface area contributed by atoms with Gasteiger partial charge in [-0.3, -0.25) is 4.90 Å². The smallest absolute Gasteiger partial charge is 0.0645 e. The molecule has 0 aromatic heterocycles. The van der Waals surface area contributed by atoms with Crippen molar-refractivity contribution in [2.24, 2.45) is 5.73 Å². The predicted octanol–water partition coefficient (Wildman–Crippen LogP) is 1.37. The lowest BCUT2D eigenvalue weighted by molar-refractivity contribution is -0.0591. The maximum absolute atomic E-state index is 6.43. The van der Waals surface area contributed by atoms with E-state index in [2.05, 4.69) is 18.7 Å². The lowest BCUT2D eigenvalue weighted by Gasteiger charge is -2.45. The average Bonchev–Trinajstić information content (AvgIpc) is 2.56. The van der Waals surface area contributed by atoms with Crippen molar-refractivity contribution >= 4 is 0 Å². The summed E-state index contributed by atoms with van der Waals surface area (Å²) in [5, 5.41) is 0. The highest BCUT2D eigenvalue weighted by Crippen LogP contribution is 2.30. The zero-order valence-electron chi connectivity index (χ0n) is 10.1. The molecule has 1 aliphatic heterocycles. The van der Waals surface area contributed by atoms with E-state index in [0.717, 1.165) is 26.3 Å². The Labute approximate surface area is 93.0 Å². The summed E-state index contributed by atoms with van der Waals surface area (Å²) in [4.78, 5) is 2.52. The minimum atomic E-state index is 0.0780. The van der Waals surface area contributed by atoms with E-state index in [0.29, 0.717) is 0 Å². The molecule has 1 aliphatic carbocycles. The van der Waals surface area contributed by atoms with E-state index in [-0.39, 0.29) is 11.1 Å². The van der Waals surface area contributed by atoms with Gasteiger partial charge in [-0.2, -0.15) is 0 Å². The van der Waals surface area contributed by atoms with Gasteiger partial charge in [-0.1, -0.05) is 12.8 Å². The van der Waals surface area contributed by atoms with Gasteiger partial charge in [0.2, 0.25) is 0 Å². The molecular formula is C12H24N2O. The topological polar surface area (TPSA) is 38.5 Å². The van der Waals surface area contributed by atoms with Gasteiger partial charge in [-0.15, -0.1) is 0 Å². The van der Waals surface area contributed by atoms with Crippen LogP contribution in [-0.4, -0.2) is 42.3 Å². The number of hydrogen-bond acceptors (Lipinski definition) is 3. The van der Waals surface area contributed by atoms with Gasteiger partial charge in [0.05, 0.1) is 13.2 Å². The van der Waals surface area contributed by atoms with E-state index in [1.165, 1.54) is 25.7 Å². The van der Waals surface area contributed by atoms with Crippen LogP contribution in [0.2, 0.25) is 0 Å². The lowest BCUT2D eigenvalue weighted by Crippen LogP contribution is -2.59. The normalized spacial score (nSPS) is 30.6. The molecule has 0 aromatic rings. The van der Waals surface area contributed by atoms with Crippen LogP contribution in [0.4, 0.5) is 0 Å². The SMILES string of the molecule is CC1(C)COCCN1CC1(N)CCCC1. The van der Waals surface area contributed by atoms with Crippen molar-refractivity contribution in [2.45, 2.75) is 50.6 Å². The van der Waals surface area contributed by atoms with Gasteiger partial charge in [0.25, 0.3) is 0 Å². The molecule has 0 atom stereocenters. The zero-order valence-corrected chi connectivity index (χ0v) is 10.1. The van der Waals surface area contributed by atoms with Crippen LogP contribution in [0.1, 0.15) is 39.5 Å². The largest absolute Gasteiger partial charge is 0.378 e. The first-order valence-corrected chi connectivity index (χ1v) is 6.14. The Kier molecular flexibility index (Phi) is 3.06. The van der Waals surface area contributed by atoms with Crippen LogP contribution in [0.3, 0.4) is 0 Å². The summed E-state index contributed by atoms with van der Waals surface area (Å²) in [6.07, 6.45) is 5.00. The van der Waals surface area contributed by atoms with Crippen LogP contribution in [0.25, 0.3) is 0 Å². The van der Waals surface area contributed by atoms with Gasteiger partial charge in [-0.25, -0.2) is 0 Å². The summed E-state index contributed by atoms with van der Waals surface area (Å²) in [5.74, 6) is 0. The summed E-state index contributed by atoms with van der Waals surface area (Å²) >= 11 is 0. The van der Waals surface area contributed by atoms with Gasteiger partial charge in [-0.05, 0) is 26.7 Å². The maximum atomic E-state index is 6.43. The monoisotopic (exact) mass is 212 g/mol. The molecule has 2 N–H and O–H groups in total. The molecule has 1 saturated heterocycles. The molecule has 0 amide bonds. The molecule has 15 heavy (non-hydrogen) atoms. The summed E-state index contributed by atoms with van der Waals surface area (Å²) in [7, 11) is 0. The first-order valence-electron chi connectivity index (χ1n) is 6.14. The summed E-state index contributed by atoms with van der Waals surface area (Å²) in [5.41, 5.74) is 6.67. The summed E-state index contributed by atoms with van der Waals surface area (Å²) in [6, 6.07) is 0. The molecule has 1 saturated carbocycles. The molecule has 88 valence electrons. The minimum Gasteiger partial charge on any atom is -0.378 e. The standard InChI is InChI=1S/C12H24N2O/c1-11(2)10-15-8-7-14(11)9-12(13)5-3-4-6-12/h3-10,13H2,1-2H3. The van der Waals surface area contributed by atoms with Gasteiger partial charge < -0.3 is 10.5 Å². The molecule has 0 unspecified atom stereocenters. The first-order chi connectivity index (χ1) is 7.02. The third-order valence-corrected chi connectivity index (χ3v) is 3.92. The third kappa shape index (κ3) is 2.52. The second-order valence-corrected chi connectivity index (χ2v) is 5.86. The van der Waals surface area contributed by atoms with Crippen LogP contribution in [-0.2, 0) is 4.74 Å². The van der Waals surface area contributed by atoms with E-state index >= 15 is 0 Å². The minimum absolute atomic E-state index is 0.0780. The van der Waals surface area contributed by atoms with Crippen molar-refractivity contribution in [2.75, 3.05) is 26.3 Å². The Hall–Kier alpha value is -0.120. The Bertz CT molecular complexity index is 222. The number of nitrogens with zero attached hydrogens (tertiary/aromatic N) is 1. The maximum Gasteiger partial charge on any atom is 0.0645 e. The van der Waals surface area contributed by atoms with Crippen molar-refractivity contribution in [3.05, 3.63) is 0 Å². The van der Waals surface area contributed by atoms with E-state index in [1.54, 1.807) is 0 Å². The van der Waals surface area contributed by atoms with Crippen LogP contribution in [0, 0.1) is 0 Å². The van der Waals surface area contributed by atoms with Crippen LogP contribution in [0.15, 0.2) is 0 Å². The van der Waals surface area contributed by atoms with E-state index in [1.807, 2.05) is 0 Å². The fourth-order valence-electron chi connectivity index (χ4n) is 2.80. The average molecular weight is 212 g/mol. The molecule has 0 aromatic carbocycles. The highest BCUT2D eigenvalue weighted by atomic mass is 16.5. The highest BCUT2D eigenvalue weighted by Gasteiger charge is 2.37. The summed E-state index contributed by atoms with van der Waals surface area (Å²) in [6.45, 7) is 8.28. The predicted molar refractivity (Wildman–Crippen MR) is 61.9 cm³/mol. The van der Waals surface area contributed by atoms with Crippen molar-refractivity contribution < 1.29 is 4.74 Å². The Morgan fingerprint density at radius 2 is 1.93 bits per heavy atom. The summed E-state index contributed by atoms with van der Waals surface area (Å²) < 4.78 is 5.53. The highest BCUT2D eigenvalue weighted by molar-refractivity contribution is 4.96. The number of rotatable bonds is 2. The molecule has 0 spiro atoms. The van der Waals surface area contributed by atoms with Crippen molar-refractivity contribution in [1.82, 2.24) is 4.90 Å². The zero-order chi connectivity index (χ0) is 10.9. The fraction of sp³-hybridized carbons (Fsp3) is 1.00. The second kappa shape index (κ2) is 4.04. The second-order valence-electron chi connectivity index (χ2n) is 5.86. The van der Waals surface area contributed by atoms with Gasteiger partial charge in [0.15, 0.2) is 0 Å². The lowest BCUT2D eigenvalue weighted by atomic mass is 9.94. The molecule has 1 heterocycles. The van der Waals surface area contributed by atoms with E-state index < -0.39 is 0 Å². The third-order valence-electron chi connectivity index (χ3n) is 3.92. The number of nitrogens with two attached hydrogens (primary N) is 1. The molecule has 2 rings (SSSR count). The molecule has 3 heteroatoms. The molecular weight excluding hydrogens is 188 g/mol. The Morgan fingerprint density at radius 1 is 1.27 bits per heavy atom. The number of morpholine rings is 1. The first kappa shape index (κ1) is 11.4. The molecule has 0 radical (unpaired) electrons. The molecule has 0 bridgehead atoms. The number of hydrogen-bond donors (Lipinski definition) is 1. The molecule has 3 nitrogen and oxygen atoms in total. The van der Waals surface area contributed by atoms with Crippen molar-refractivity contribution in [1.29, 1.82) is 0 Å². The van der Waals surface area contributed by atoms with E-state index in [4.69, 9.17) is 10.5 Å². The quantitative estimate of drug-likeness (QED) is 0.751. The van der Waals surface area contributed by atoms with E-state index in [9.17, 15) is 0 Å². The molecule has 2 fully saturated rings. The van der Waals surface area contributed by atoms with Gasteiger partial charge in [0.1, 0.15) is 0 Å². The fourth-order valence-corrected chi connectivity index (χ4v) is 2.80. The van der Waals surface area contributed by atoms with Crippen LogP contribution >= 0.6 is 0 Å².